The zero-order valence-corrected chi connectivity index (χ0v) is 28.0. The van der Waals surface area contributed by atoms with Gasteiger partial charge in [-0.05, 0) is 59.4 Å². The van der Waals surface area contributed by atoms with Gasteiger partial charge >= 0.3 is 23.6 Å². The SMILES string of the molecule is COC(=O)C(Cc1cc2ccccc2[nH]1)Nc1ccn(C2O[C@@](COC(=O)c3cccc(Cl)c3)(N=[N+]=[N-])C(OC(=O)c3ccccc3)[C@@H]2F)c(=O)n1. The summed E-state index contributed by atoms with van der Waals surface area (Å²) in [5, 5.41) is 7.64. The number of nitrogens with one attached hydrogen (secondary N) is 2. The number of nitrogens with zero attached hydrogens (tertiary/aromatic N) is 5. The molecule has 1 aliphatic rings. The molecule has 3 unspecified atom stereocenters. The van der Waals surface area contributed by atoms with Crippen LogP contribution < -0.4 is 11.0 Å². The molecule has 3 heterocycles. The minimum atomic E-state index is -2.48. The lowest BCUT2D eigenvalue weighted by atomic mass is 10.1. The average molecular weight is 730 g/mol. The number of ether oxygens (including phenoxy) is 4. The number of aromatic amines is 1. The van der Waals surface area contributed by atoms with Crippen molar-refractivity contribution >= 4 is 46.2 Å². The summed E-state index contributed by atoms with van der Waals surface area (Å²) in [5.74, 6) is -2.63. The maximum Gasteiger partial charge on any atom is 0.351 e. The number of carbonyl (C=O) groups is 3. The van der Waals surface area contributed by atoms with Crippen molar-refractivity contribution < 1.29 is 37.7 Å². The number of aromatic nitrogens is 3. The van der Waals surface area contributed by atoms with Crippen molar-refractivity contribution in [3.05, 3.63) is 140 Å². The summed E-state index contributed by atoms with van der Waals surface area (Å²) < 4.78 is 38.9. The predicted octanol–water partition coefficient (Wildman–Crippen LogP) is 5.53. The standard InChI is InChI=1S/C35H29ClFN7O8/c1-49-33(47)26(18-24-17-21-10-5-6-13-25(21)39-24)40-27-14-15-44(34(48)41-27)30-28(37)29(51-32(46)20-8-3-2-4-9-20)35(52-30,42-43-38)19-50-31(45)22-11-7-12-23(36)16-22/h2-17,26,28-30,39H,18-19H2,1H3,(H,40,41,48)/t26?,28-,29?,30?,35+/m0/s1. The Morgan fingerprint density at radius 2 is 1.83 bits per heavy atom. The van der Waals surface area contributed by atoms with Crippen LogP contribution in [0.4, 0.5) is 10.2 Å². The van der Waals surface area contributed by atoms with Crippen LogP contribution in [0, 0.1) is 0 Å². The van der Waals surface area contributed by atoms with Crippen molar-refractivity contribution in [3.8, 4) is 0 Å². The summed E-state index contributed by atoms with van der Waals surface area (Å²) >= 11 is 5.99. The van der Waals surface area contributed by atoms with Crippen LogP contribution in [0.25, 0.3) is 21.3 Å². The van der Waals surface area contributed by atoms with Crippen LogP contribution in [0.15, 0.2) is 107 Å². The van der Waals surface area contributed by atoms with E-state index in [1.54, 1.807) is 18.2 Å². The smallest absolute Gasteiger partial charge is 0.351 e. The van der Waals surface area contributed by atoms with E-state index in [-0.39, 0.29) is 28.4 Å². The maximum atomic E-state index is 16.5. The van der Waals surface area contributed by atoms with E-state index in [0.717, 1.165) is 21.7 Å². The molecule has 0 radical (unpaired) electrons. The Kier molecular flexibility index (Phi) is 10.5. The number of esters is 3. The molecule has 52 heavy (non-hydrogen) atoms. The first-order valence-electron chi connectivity index (χ1n) is 15.7. The van der Waals surface area contributed by atoms with Gasteiger partial charge < -0.3 is 29.2 Å². The molecule has 0 spiro atoms. The van der Waals surface area contributed by atoms with Crippen LogP contribution in [0.5, 0.6) is 0 Å². The molecule has 17 heteroatoms. The van der Waals surface area contributed by atoms with E-state index in [0.29, 0.717) is 5.69 Å². The van der Waals surface area contributed by atoms with Gasteiger partial charge in [-0.3, -0.25) is 4.57 Å². The molecular formula is C35H29ClFN7O8. The van der Waals surface area contributed by atoms with Crippen LogP contribution in [0.1, 0.15) is 32.6 Å². The van der Waals surface area contributed by atoms with Crippen LogP contribution in [0.2, 0.25) is 5.02 Å². The summed E-state index contributed by atoms with van der Waals surface area (Å²) in [4.78, 5) is 62.1. The number of para-hydroxylation sites is 1. The number of rotatable bonds is 12. The second-order valence-electron chi connectivity index (χ2n) is 11.6. The Labute approximate surface area is 298 Å². The first-order valence-corrected chi connectivity index (χ1v) is 16.1. The summed E-state index contributed by atoms with van der Waals surface area (Å²) in [7, 11) is 1.22. The maximum absolute atomic E-state index is 16.5. The molecule has 5 atom stereocenters. The highest BCUT2D eigenvalue weighted by Gasteiger charge is 2.60. The molecule has 3 aromatic carbocycles. The van der Waals surface area contributed by atoms with Crippen molar-refractivity contribution in [1.82, 2.24) is 14.5 Å². The molecule has 0 bridgehead atoms. The van der Waals surface area contributed by atoms with Crippen LogP contribution in [-0.4, -0.2) is 70.2 Å². The highest BCUT2D eigenvalue weighted by molar-refractivity contribution is 6.30. The molecule has 0 aliphatic carbocycles. The fourth-order valence-electron chi connectivity index (χ4n) is 5.70. The van der Waals surface area contributed by atoms with Gasteiger partial charge in [0.05, 0.1) is 18.2 Å². The lowest BCUT2D eigenvalue weighted by Gasteiger charge is -2.28. The number of carbonyl (C=O) groups excluding carboxylic acids is 3. The van der Waals surface area contributed by atoms with E-state index in [2.05, 4.69) is 25.3 Å². The lowest BCUT2D eigenvalue weighted by molar-refractivity contribution is -0.141. The third-order valence-corrected chi connectivity index (χ3v) is 8.42. The summed E-state index contributed by atoms with van der Waals surface area (Å²) in [6.45, 7) is -0.928. The van der Waals surface area contributed by atoms with Gasteiger partial charge in [-0.2, -0.15) is 4.98 Å². The Morgan fingerprint density at radius 3 is 2.54 bits per heavy atom. The summed E-state index contributed by atoms with van der Waals surface area (Å²) in [5.41, 5.74) is 7.63. The first-order chi connectivity index (χ1) is 25.1. The highest BCUT2D eigenvalue weighted by atomic mass is 35.5. The number of azide groups is 1. The van der Waals surface area contributed by atoms with Gasteiger partial charge in [0.25, 0.3) is 0 Å². The number of benzene rings is 3. The van der Waals surface area contributed by atoms with Crippen molar-refractivity contribution in [2.24, 2.45) is 5.11 Å². The largest absolute Gasteiger partial charge is 0.467 e. The molecule has 2 aromatic heterocycles. The lowest BCUT2D eigenvalue weighted by Crippen LogP contribution is -2.47. The number of H-pyrrole nitrogens is 1. The van der Waals surface area contributed by atoms with Crippen molar-refractivity contribution in [2.75, 3.05) is 19.0 Å². The van der Waals surface area contributed by atoms with E-state index < -0.39 is 60.5 Å². The summed E-state index contributed by atoms with van der Waals surface area (Å²) in [6, 6.07) is 23.1. The topological polar surface area (TPSA) is 200 Å². The van der Waals surface area contributed by atoms with Gasteiger partial charge in [-0.15, -0.1) is 0 Å². The molecule has 1 aliphatic heterocycles. The van der Waals surface area contributed by atoms with Crippen LogP contribution >= 0.6 is 11.6 Å². The zero-order chi connectivity index (χ0) is 36.8. The first kappa shape index (κ1) is 35.6. The predicted molar refractivity (Wildman–Crippen MR) is 184 cm³/mol. The average Bonchev–Trinajstić information content (AvgIpc) is 3.68. The van der Waals surface area contributed by atoms with Crippen LogP contribution in [0.3, 0.4) is 0 Å². The van der Waals surface area contributed by atoms with Crippen molar-refractivity contribution in [3.63, 3.8) is 0 Å². The van der Waals surface area contributed by atoms with Gasteiger partial charge in [0, 0.05) is 33.8 Å². The number of methoxy groups -OCH3 is 1. The Hall–Kier alpha value is -6.22. The molecule has 1 fully saturated rings. The normalized spacial score (nSPS) is 20.0. The number of hydrogen-bond donors (Lipinski definition) is 2. The summed E-state index contributed by atoms with van der Waals surface area (Å²) in [6.07, 6.45) is -4.99. The van der Waals surface area contributed by atoms with E-state index in [9.17, 15) is 24.7 Å². The molecule has 1 saturated heterocycles. The number of halogens is 2. The Morgan fingerprint density at radius 1 is 1.08 bits per heavy atom. The van der Waals surface area contributed by atoms with Crippen molar-refractivity contribution in [1.29, 1.82) is 0 Å². The fourth-order valence-corrected chi connectivity index (χ4v) is 5.89. The minimum Gasteiger partial charge on any atom is -0.467 e. The fraction of sp³-hybridized carbons (Fsp3) is 0.229. The minimum absolute atomic E-state index is 0.0195. The molecular weight excluding hydrogens is 701 g/mol. The Bertz CT molecular complexity index is 2190. The quantitative estimate of drug-likeness (QED) is 0.0541. The van der Waals surface area contributed by atoms with E-state index >= 15 is 4.39 Å². The number of anilines is 1. The third-order valence-electron chi connectivity index (χ3n) is 8.18. The monoisotopic (exact) mass is 729 g/mol. The van der Waals surface area contributed by atoms with Gasteiger partial charge in [0.15, 0.2) is 18.5 Å². The Balaban J connectivity index is 1.28. The van der Waals surface area contributed by atoms with Crippen LogP contribution in [-0.2, 0) is 30.2 Å². The molecule has 0 amide bonds. The van der Waals surface area contributed by atoms with Gasteiger partial charge in [-0.1, -0.05) is 59.2 Å². The number of alkyl halides is 1. The molecule has 266 valence electrons. The molecule has 15 nitrogen and oxygen atoms in total. The number of fused-ring (bicyclic) bond motifs is 1. The highest BCUT2D eigenvalue weighted by Crippen LogP contribution is 2.42. The third kappa shape index (κ3) is 7.58. The van der Waals surface area contributed by atoms with Gasteiger partial charge in [0.1, 0.15) is 18.5 Å². The molecule has 6 rings (SSSR count). The molecule has 2 N–H and O–H groups in total. The second-order valence-corrected chi connectivity index (χ2v) is 12.0. The molecule has 5 aromatic rings. The van der Waals surface area contributed by atoms with E-state index in [1.165, 1.54) is 49.6 Å². The van der Waals surface area contributed by atoms with E-state index in [4.69, 9.17) is 30.5 Å². The van der Waals surface area contributed by atoms with Crippen molar-refractivity contribution in [2.45, 2.75) is 36.7 Å². The number of hydrogen-bond acceptors (Lipinski definition) is 11. The second kappa shape index (κ2) is 15.3. The van der Waals surface area contributed by atoms with Gasteiger partial charge in [0.2, 0.25) is 5.72 Å². The van der Waals surface area contributed by atoms with E-state index in [1.807, 2.05) is 30.3 Å². The van der Waals surface area contributed by atoms with Gasteiger partial charge in [-0.25, -0.2) is 23.6 Å². The zero-order valence-electron chi connectivity index (χ0n) is 27.2. The molecule has 0 saturated carbocycles.